The number of rotatable bonds is 5. The molecule has 0 amide bonds. The Morgan fingerprint density at radius 2 is 2.00 bits per heavy atom. The Morgan fingerprint density at radius 3 is 2.47 bits per heavy atom. The van der Waals surface area contributed by atoms with Gasteiger partial charge in [0.15, 0.2) is 0 Å². The highest BCUT2D eigenvalue weighted by Gasteiger charge is 2.12. The van der Waals surface area contributed by atoms with E-state index in [-0.39, 0.29) is 6.04 Å². The lowest BCUT2D eigenvalue weighted by molar-refractivity contribution is 0.576. The molecule has 15 heavy (non-hydrogen) atoms. The highest BCUT2D eigenvalue weighted by molar-refractivity contribution is 7.98. The van der Waals surface area contributed by atoms with Crippen LogP contribution in [0.15, 0.2) is 18.2 Å². The van der Waals surface area contributed by atoms with Crippen molar-refractivity contribution in [1.82, 2.24) is 5.43 Å². The molecule has 0 heterocycles. The maximum absolute atomic E-state index is 6.07. The molecule has 3 N–H and O–H groups in total. The molecular formula is C10H14Cl2N2S. The number of nitrogens with one attached hydrogen (secondary N) is 1. The van der Waals surface area contributed by atoms with Crippen LogP contribution in [0.3, 0.4) is 0 Å². The van der Waals surface area contributed by atoms with Gasteiger partial charge in [-0.05, 0) is 30.4 Å². The Balaban J connectivity index is 2.78. The van der Waals surface area contributed by atoms with E-state index in [0.29, 0.717) is 10.0 Å². The summed E-state index contributed by atoms with van der Waals surface area (Å²) in [6.07, 6.45) is 2.79. The number of halogens is 2. The maximum atomic E-state index is 6.07. The third-order valence-electron chi connectivity index (χ3n) is 2.12. The molecule has 1 atom stereocenters. The Kier molecular flexibility index (Phi) is 5.79. The first kappa shape index (κ1) is 13.1. The van der Waals surface area contributed by atoms with Crippen LogP contribution in [0.25, 0.3) is 0 Å². The van der Waals surface area contributed by atoms with Gasteiger partial charge < -0.3 is 0 Å². The fourth-order valence-electron chi connectivity index (χ4n) is 1.34. The van der Waals surface area contributed by atoms with Crippen LogP contribution >= 0.6 is 35.0 Å². The van der Waals surface area contributed by atoms with Crippen molar-refractivity contribution in [2.45, 2.75) is 12.5 Å². The highest BCUT2D eigenvalue weighted by Crippen LogP contribution is 2.25. The summed E-state index contributed by atoms with van der Waals surface area (Å²) in [6.45, 7) is 0. The van der Waals surface area contributed by atoms with Gasteiger partial charge >= 0.3 is 0 Å². The summed E-state index contributed by atoms with van der Waals surface area (Å²) < 4.78 is 0. The van der Waals surface area contributed by atoms with Gasteiger partial charge in [0.05, 0.1) is 0 Å². The summed E-state index contributed by atoms with van der Waals surface area (Å²) in [5, 5.41) is 1.40. The molecule has 0 aliphatic rings. The summed E-state index contributed by atoms with van der Waals surface area (Å²) in [5.74, 6) is 6.39. The van der Waals surface area contributed by atoms with Crippen LogP contribution in [0.5, 0.6) is 0 Å². The molecule has 0 radical (unpaired) electrons. The predicted molar refractivity (Wildman–Crippen MR) is 69.7 cm³/mol. The van der Waals surface area contributed by atoms with Crippen molar-refractivity contribution in [3.63, 3.8) is 0 Å². The van der Waals surface area contributed by atoms with E-state index in [0.717, 1.165) is 17.7 Å². The monoisotopic (exact) mass is 264 g/mol. The normalized spacial score (nSPS) is 12.8. The van der Waals surface area contributed by atoms with Crippen LogP contribution in [0.2, 0.25) is 10.0 Å². The molecule has 0 bridgehead atoms. The highest BCUT2D eigenvalue weighted by atomic mass is 35.5. The van der Waals surface area contributed by atoms with Gasteiger partial charge in [0.25, 0.3) is 0 Å². The first-order chi connectivity index (χ1) is 7.19. The standard InChI is InChI=1S/C10H14Cl2N2S/c1-15-6-7(14-13)5-8-9(11)3-2-4-10(8)12/h2-4,7,14H,5-6,13H2,1H3. The molecule has 0 fully saturated rings. The molecule has 1 rings (SSSR count). The quantitative estimate of drug-likeness (QED) is 0.635. The van der Waals surface area contributed by atoms with Crippen LogP contribution in [0.1, 0.15) is 5.56 Å². The van der Waals surface area contributed by atoms with E-state index in [9.17, 15) is 0 Å². The van der Waals surface area contributed by atoms with E-state index in [1.165, 1.54) is 0 Å². The molecule has 5 heteroatoms. The van der Waals surface area contributed by atoms with Crippen molar-refractivity contribution >= 4 is 35.0 Å². The van der Waals surface area contributed by atoms with Crippen LogP contribution < -0.4 is 11.3 Å². The molecule has 1 unspecified atom stereocenters. The second kappa shape index (κ2) is 6.61. The summed E-state index contributed by atoms with van der Waals surface area (Å²) in [5.41, 5.74) is 3.72. The second-order valence-electron chi connectivity index (χ2n) is 3.22. The number of hydrogen-bond donors (Lipinski definition) is 2. The smallest absolute Gasteiger partial charge is 0.0453 e. The molecule has 0 saturated heterocycles. The molecule has 1 aromatic carbocycles. The zero-order valence-electron chi connectivity index (χ0n) is 8.47. The molecular weight excluding hydrogens is 251 g/mol. The number of benzene rings is 1. The van der Waals surface area contributed by atoms with Gasteiger partial charge in [0, 0.05) is 21.8 Å². The molecule has 84 valence electrons. The minimum Gasteiger partial charge on any atom is -0.271 e. The van der Waals surface area contributed by atoms with Gasteiger partial charge in [-0.15, -0.1) is 0 Å². The lowest BCUT2D eigenvalue weighted by Gasteiger charge is -2.16. The van der Waals surface area contributed by atoms with Gasteiger partial charge in [0.1, 0.15) is 0 Å². The van der Waals surface area contributed by atoms with E-state index in [4.69, 9.17) is 29.0 Å². The predicted octanol–water partition coefficient (Wildman–Crippen LogP) is 2.73. The van der Waals surface area contributed by atoms with Crippen molar-refractivity contribution in [2.24, 2.45) is 5.84 Å². The van der Waals surface area contributed by atoms with Crippen LogP contribution in [0, 0.1) is 0 Å². The zero-order valence-corrected chi connectivity index (χ0v) is 10.8. The third kappa shape index (κ3) is 3.85. The molecule has 0 aromatic heterocycles. The van der Waals surface area contributed by atoms with Crippen LogP contribution in [-0.2, 0) is 6.42 Å². The number of nitrogens with two attached hydrogens (primary N) is 1. The first-order valence-electron chi connectivity index (χ1n) is 4.57. The maximum Gasteiger partial charge on any atom is 0.0453 e. The van der Waals surface area contributed by atoms with Gasteiger partial charge in [-0.25, -0.2) is 0 Å². The van der Waals surface area contributed by atoms with Crippen molar-refractivity contribution in [3.05, 3.63) is 33.8 Å². The average Bonchev–Trinajstić information content (AvgIpc) is 2.22. The van der Waals surface area contributed by atoms with Crippen LogP contribution in [-0.4, -0.2) is 18.1 Å². The van der Waals surface area contributed by atoms with Gasteiger partial charge in [-0.2, -0.15) is 11.8 Å². The van der Waals surface area contributed by atoms with Crippen LogP contribution in [0.4, 0.5) is 0 Å². The van der Waals surface area contributed by atoms with Crippen molar-refractivity contribution in [2.75, 3.05) is 12.0 Å². The van der Waals surface area contributed by atoms with E-state index in [2.05, 4.69) is 5.43 Å². The summed E-state index contributed by atoms with van der Waals surface area (Å²) in [6, 6.07) is 5.72. The van der Waals surface area contributed by atoms with E-state index in [1.807, 2.05) is 24.5 Å². The topological polar surface area (TPSA) is 38.0 Å². The molecule has 0 aliphatic heterocycles. The van der Waals surface area contributed by atoms with Gasteiger partial charge in [-0.1, -0.05) is 29.3 Å². The minimum atomic E-state index is 0.192. The molecule has 2 nitrogen and oxygen atoms in total. The van der Waals surface area contributed by atoms with Gasteiger partial charge in [-0.3, -0.25) is 11.3 Å². The zero-order chi connectivity index (χ0) is 11.3. The number of hydrogen-bond acceptors (Lipinski definition) is 3. The Bertz CT molecular complexity index is 300. The molecule has 0 saturated carbocycles. The Hall–Kier alpha value is 0.0700. The minimum absolute atomic E-state index is 0.192. The summed E-state index contributed by atoms with van der Waals surface area (Å²) >= 11 is 13.9. The summed E-state index contributed by atoms with van der Waals surface area (Å²) in [7, 11) is 0. The first-order valence-corrected chi connectivity index (χ1v) is 6.72. The van der Waals surface area contributed by atoms with Crippen molar-refractivity contribution < 1.29 is 0 Å². The molecule has 0 aliphatic carbocycles. The molecule has 1 aromatic rings. The third-order valence-corrected chi connectivity index (χ3v) is 3.56. The second-order valence-corrected chi connectivity index (χ2v) is 4.95. The van der Waals surface area contributed by atoms with E-state index < -0.39 is 0 Å². The van der Waals surface area contributed by atoms with E-state index in [1.54, 1.807) is 11.8 Å². The number of hydrazine groups is 1. The average molecular weight is 265 g/mol. The Morgan fingerprint density at radius 1 is 1.40 bits per heavy atom. The Labute approximate surface area is 104 Å². The lowest BCUT2D eigenvalue weighted by Crippen LogP contribution is -2.38. The van der Waals surface area contributed by atoms with Crippen molar-refractivity contribution in [1.29, 1.82) is 0 Å². The fourth-order valence-corrected chi connectivity index (χ4v) is 2.51. The number of thioether (sulfide) groups is 1. The fraction of sp³-hybridized carbons (Fsp3) is 0.400. The van der Waals surface area contributed by atoms with Gasteiger partial charge in [0.2, 0.25) is 0 Å². The molecule has 0 spiro atoms. The summed E-state index contributed by atoms with van der Waals surface area (Å²) in [4.78, 5) is 0. The van der Waals surface area contributed by atoms with Crippen molar-refractivity contribution in [3.8, 4) is 0 Å². The SMILES string of the molecule is CSCC(Cc1c(Cl)cccc1Cl)NN. The van der Waals surface area contributed by atoms with E-state index >= 15 is 0 Å². The largest absolute Gasteiger partial charge is 0.271 e. The lowest BCUT2D eigenvalue weighted by atomic mass is 10.1.